The largest absolute Gasteiger partial charge is 0.371 e. The van der Waals surface area contributed by atoms with Gasteiger partial charge in [0.1, 0.15) is 11.6 Å². The Morgan fingerprint density at radius 1 is 1.12 bits per heavy atom. The van der Waals surface area contributed by atoms with Crippen LogP contribution in [0.4, 0.5) is 14.5 Å². The summed E-state index contributed by atoms with van der Waals surface area (Å²) in [6.45, 7) is 3.91. The highest BCUT2D eigenvalue weighted by Gasteiger charge is 2.25. The van der Waals surface area contributed by atoms with Gasteiger partial charge in [0.15, 0.2) is 0 Å². The topological polar surface area (TPSA) is 71.3 Å². The zero-order valence-electron chi connectivity index (χ0n) is 18.0. The van der Waals surface area contributed by atoms with Gasteiger partial charge in [-0.2, -0.15) is 0 Å². The summed E-state index contributed by atoms with van der Waals surface area (Å²) >= 11 is 0. The molecule has 1 unspecified atom stereocenters. The molecule has 3 heterocycles. The molecule has 1 amide bonds. The highest BCUT2D eigenvalue weighted by molar-refractivity contribution is 6.07. The Bertz CT molecular complexity index is 1300. The predicted molar refractivity (Wildman–Crippen MR) is 121 cm³/mol. The fourth-order valence-corrected chi connectivity index (χ4v) is 4.26. The molecule has 1 saturated heterocycles. The molecule has 2 aromatic carbocycles. The van der Waals surface area contributed by atoms with Crippen molar-refractivity contribution in [2.24, 2.45) is 5.92 Å². The van der Waals surface area contributed by atoms with Gasteiger partial charge in [0.2, 0.25) is 0 Å². The van der Waals surface area contributed by atoms with E-state index in [4.69, 9.17) is 4.52 Å². The molecular weight excluding hydrogens is 426 g/mol. The van der Waals surface area contributed by atoms with Crippen molar-refractivity contribution in [3.05, 3.63) is 77.5 Å². The second-order valence-corrected chi connectivity index (χ2v) is 8.30. The normalized spacial score (nSPS) is 15.8. The van der Waals surface area contributed by atoms with Crippen LogP contribution in [0.5, 0.6) is 0 Å². The second kappa shape index (κ2) is 8.61. The van der Waals surface area contributed by atoms with Crippen LogP contribution in [0.3, 0.4) is 0 Å². The van der Waals surface area contributed by atoms with E-state index in [0.717, 1.165) is 25.2 Å². The minimum atomic E-state index is -0.348. The van der Waals surface area contributed by atoms with Gasteiger partial charge in [-0.1, -0.05) is 5.16 Å². The Morgan fingerprint density at radius 3 is 2.55 bits per heavy atom. The van der Waals surface area contributed by atoms with Crippen molar-refractivity contribution in [1.29, 1.82) is 0 Å². The number of rotatable bonds is 5. The van der Waals surface area contributed by atoms with Gasteiger partial charge < -0.3 is 14.7 Å². The SMILES string of the molecule is Cc1noc2nc(-c3ccc(F)cc3)cc(C(=O)NCC3CCN(c4ccc(F)cc4)C3)c12. The number of carbonyl (C=O) groups excluding carboxylic acids is 1. The first-order valence-corrected chi connectivity index (χ1v) is 10.8. The third-order valence-corrected chi connectivity index (χ3v) is 6.03. The van der Waals surface area contributed by atoms with E-state index in [1.165, 1.54) is 24.3 Å². The predicted octanol–water partition coefficient (Wildman–Crippen LogP) is 4.73. The highest BCUT2D eigenvalue weighted by Crippen LogP contribution is 2.28. The average Bonchev–Trinajstić information content (AvgIpc) is 3.45. The second-order valence-electron chi connectivity index (χ2n) is 8.30. The number of hydrogen-bond donors (Lipinski definition) is 1. The molecule has 8 heteroatoms. The summed E-state index contributed by atoms with van der Waals surface area (Å²) in [5.74, 6) is -0.567. The van der Waals surface area contributed by atoms with Crippen LogP contribution in [0.2, 0.25) is 0 Å². The van der Waals surface area contributed by atoms with E-state index in [1.807, 2.05) is 0 Å². The lowest BCUT2D eigenvalue weighted by atomic mass is 10.0. The molecule has 6 nitrogen and oxygen atoms in total. The maximum absolute atomic E-state index is 13.3. The molecule has 1 fully saturated rings. The standard InChI is InChI=1S/C25H22F2N4O2/c1-15-23-21(12-22(29-25(23)33-30-15)17-2-4-18(26)5-3-17)24(32)28-13-16-10-11-31(14-16)20-8-6-19(27)7-9-20/h2-9,12,16H,10-11,13-14H2,1H3,(H,28,32). The maximum Gasteiger partial charge on any atom is 0.259 e. The number of pyridine rings is 1. The van der Waals surface area contributed by atoms with Crippen molar-refractivity contribution in [2.45, 2.75) is 13.3 Å². The van der Waals surface area contributed by atoms with Crippen molar-refractivity contribution in [3.63, 3.8) is 0 Å². The number of fused-ring (bicyclic) bond motifs is 1. The maximum atomic E-state index is 13.3. The molecule has 0 aliphatic carbocycles. The minimum absolute atomic E-state index is 0.239. The van der Waals surface area contributed by atoms with Crippen molar-refractivity contribution in [3.8, 4) is 11.3 Å². The molecule has 1 atom stereocenters. The van der Waals surface area contributed by atoms with Gasteiger partial charge in [-0.05, 0) is 73.9 Å². The van der Waals surface area contributed by atoms with Gasteiger partial charge in [0, 0.05) is 30.9 Å². The zero-order chi connectivity index (χ0) is 22.9. The number of carbonyl (C=O) groups is 1. The molecule has 1 N–H and O–H groups in total. The molecular formula is C25H22F2N4O2. The fraction of sp³-hybridized carbons (Fsp3) is 0.240. The molecule has 0 spiro atoms. The van der Waals surface area contributed by atoms with Gasteiger partial charge in [-0.3, -0.25) is 4.79 Å². The molecule has 0 radical (unpaired) electrons. The summed E-state index contributed by atoms with van der Waals surface area (Å²) in [6, 6.07) is 14.1. The van der Waals surface area contributed by atoms with Gasteiger partial charge in [-0.25, -0.2) is 13.8 Å². The lowest BCUT2D eigenvalue weighted by Crippen LogP contribution is -2.31. The Balaban J connectivity index is 1.33. The third-order valence-electron chi connectivity index (χ3n) is 6.03. The molecule has 5 rings (SSSR count). The Kier molecular flexibility index (Phi) is 5.50. The number of nitrogens with zero attached hydrogens (tertiary/aromatic N) is 3. The fourth-order valence-electron chi connectivity index (χ4n) is 4.26. The van der Waals surface area contributed by atoms with Crippen molar-refractivity contribution >= 4 is 22.7 Å². The summed E-state index contributed by atoms with van der Waals surface area (Å²) in [7, 11) is 0. The van der Waals surface area contributed by atoms with Gasteiger partial charge in [0.05, 0.1) is 22.3 Å². The van der Waals surface area contributed by atoms with E-state index in [9.17, 15) is 13.6 Å². The number of anilines is 1. The Morgan fingerprint density at radius 2 is 1.82 bits per heavy atom. The van der Waals surface area contributed by atoms with Crippen LogP contribution < -0.4 is 10.2 Å². The first-order valence-electron chi connectivity index (χ1n) is 10.8. The van der Waals surface area contributed by atoms with E-state index in [2.05, 4.69) is 20.4 Å². The first kappa shape index (κ1) is 21.1. The lowest BCUT2D eigenvalue weighted by molar-refractivity contribution is 0.0950. The number of halogens is 2. The number of amides is 1. The highest BCUT2D eigenvalue weighted by atomic mass is 19.1. The number of aryl methyl sites for hydroxylation is 1. The number of hydrogen-bond acceptors (Lipinski definition) is 5. The molecule has 0 bridgehead atoms. The van der Waals surface area contributed by atoms with Crippen LogP contribution in [0.25, 0.3) is 22.4 Å². The van der Waals surface area contributed by atoms with E-state index in [0.29, 0.717) is 34.4 Å². The third kappa shape index (κ3) is 4.28. The quantitative estimate of drug-likeness (QED) is 0.478. The Labute approximate surface area is 189 Å². The molecule has 1 aliphatic rings. The van der Waals surface area contributed by atoms with E-state index in [-0.39, 0.29) is 29.2 Å². The zero-order valence-corrected chi connectivity index (χ0v) is 18.0. The molecule has 1 aliphatic heterocycles. The van der Waals surface area contributed by atoms with Crippen LogP contribution in [0.15, 0.2) is 59.1 Å². The first-order chi connectivity index (χ1) is 16.0. The molecule has 2 aromatic heterocycles. The van der Waals surface area contributed by atoms with Crippen LogP contribution in [0.1, 0.15) is 22.5 Å². The van der Waals surface area contributed by atoms with Crippen molar-refractivity contribution < 1.29 is 18.1 Å². The van der Waals surface area contributed by atoms with Crippen molar-refractivity contribution in [1.82, 2.24) is 15.5 Å². The lowest BCUT2D eigenvalue weighted by Gasteiger charge is -2.19. The van der Waals surface area contributed by atoms with E-state index >= 15 is 0 Å². The summed E-state index contributed by atoms with van der Waals surface area (Å²) in [5.41, 5.74) is 3.43. The number of nitrogens with one attached hydrogen (secondary N) is 1. The minimum Gasteiger partial charge on any atom is -0.371 e. The van der Waals surface area contributed by atoms with Gasteiger partial charge >= 0.3 is 0 Å². The van der Waals surface area contributed by atoms with Crippen LogP contribution in [-0.4, -0.2) is 35.7 Å². The molecule has 0 saturated carbocycles. The van der Waals surface area contributed by atoms with Crippen molar-refractivity contribution in [2.75, 3.05) is 24.5 Å². The molecule has 168 valence electrons. The average molecular weight is 448 g/mol. The monoisotopic (exact) mass is 448 g/mol. The number of aromatic nitrogens is 2. The number of benzene rings is 2. The van der Waals surface area contributed by atoms with Gasteiger partial charge in [0.25, 0.3) is 11.6 Å². The van der Waals surface area contributed by atoms with Gasteiger partial charge in [-0.15, -0.1) is 0 Å². The summed E-state index contributed by atoms with van der Waals surface area (Å²) in [4.78, 5) is 19.8. The van der Waals surface area contributed by atoms with Crippen LogP contribution in [0, 0.1) is 24.5 Å². The smallest absolute Gasteiger partial charge is 0.259 e. The van der Waals surface area contributed by atoms with E-state index in [1.54, 1.807) is 37.3 Å². The molecule has 33 heavy (non-hydrogen) atoms. The molecule has 4 aromatic rings. The van der Waals surface area contributed by atoms with Crippen LogP contribution in [-0.2, 0) is 0 Å². The summed E-state index contributed by atoms with van der Waals surface area (Å²) in [6.07, 6.45) is 0.927. The summed E-state index contributed by atoms with van der Waals surface area (Å²) < 4.78 is 31.9. The summed E-state index contributed by atoms with van der Waals surface area (Å²) in [5, 5.41) is 7.57. The van der Waals surface area contributed by atoms with Crippen LogP contribution >= 0.6 is 0 Å². The van der Waals surface area contributed by atoms with E-state index < -0.39 is 0 Å². The Hall–Kier alpha value is -3.81.